The summed E-state index contributed by atoms with van der Waals surface area (Å²) in [5.74, 6) is -1.24. The fourth-order valence-corrected chi connectivity index (χ4v) is 6.11. The smallest absolute Gasteiger partial charge is 0.387 e. The Morgan fingerprint density at radius 3 is 0.698 bits per heavy atom. The zero-order valence-electron chi connectivity index (χ0n) is 34.8. The van der Waals surface area contributed by atoms with E-state index >= 15 is 0 Å². The van der Waals surface area contributed by atoms with E-state index in [1.165, 1.54) is 0 Å². The highest BCUT2D eigenvalue weighted by Crippen LogP contribution is 2.33. The van der Waals surface area contributed by atoms with E-state index in [1.807, 2.05) is 69.2 Å². The lowest BCUT2D eigenvalue weighted by Crippen LogP contribution is -2.38. The molecule has 0 saturated heterocycles. The third kappa shape index (κ3) is 29.2. The van der Waals surface area contributed by atoms with Crippen LogP contribution >= 0.6 is 0 Å². The highest BCUT2D eigenvalue weighted by molar-refractivity contribution is 4.78. The molecular weight excluding hydrogens is 715 g/mol. The molecule has 4 nitrogen and oxygen atoms in total. The SMILES string of the molecule is CCCCC(C(C)C)[C@@H](O)C(F)(F)F.CCCC[C@@H](C(C)C)C(O)C(F)F.CCCC[C@@H](C(C)C)[C@@H](O)C(F)F.CCCC[C@@H](C(C)C)[C@H](O)C(F)F. The van der Waals surface area contributed by atoms with Crippen LogP contribution in [-0.4, -0.2) is 70.3 Å². The average molecular weight is 795 g/mol. The third-order valence-electron chi connectivity index (χ3n) is 9.82. The number of aliphatic hydroxyl groups is 4. The van der Waals surface area contributed by atoms with E-state index < -0.39 is 55.8 Å². The summed E-state index contributed by atoms with van der Waals surface area (Å²) in [4.78, 5) is 0. The Balaban J connectivity index is -0.000000302. The van der Waals surface area contributed by atoms with Crippen LogP contribution < -0.4 is 0 Å². The van der Waals surface area contributed by atoms with Crippen molar-refractivity contribution in [2.75, 3.05) is 0 Å². The molecule has 0 aliphatic carbocycles. The van der Waals surface area contributed by atoms with Crippen molar-refractivity contribution in [2.45, 2.75) is 210 Å². The quantitative estimate of drug-likeness (QED) is 0.0777. The molecule has 0 aromatic rings. The van der Waals surface area contributed by atoms with Gasteiger partial charge in [-0.2, -0.15) is 13.2 Å². The molecule has 0 fully saturated rings. The lowest BCUT2D eigenvalue weighted by molar-refractivity contribution is -0.224. The zero-order chi connectivity index (χ0) is 42.6. The second kappa shape index (κ2) is 33.4. The number of hydrogen-bond donors (Lipinski definition) is 4. The second-order valence-electron chi connectivity index (χ2n) is 15.7. The van der Waals surface area contributed by atoms with Gasteiger partial charge in [-0.05, 0) is 73.0 Å². The van der Waals surface area contributed by atoms with Gasteiger partial charge < -0.3 is 20.4 Å². The van der Waals surface area contributed by atoms with Crippen molar-refractivity contribution in [3.8, 4) is 0 Å². The van der Waals surface area contributed by atoms with Gasteiger partial charge in [-0.3, -0.25) is 0 Å². The van der Waals surface area contributed by atoms with Crippen molar-refractivity contribution in [2.24, 2.45) is 47.3 Å². The summed E-state index contributed by atoms with van der Waals surface area (Å²) in [5, 5.41) is 36.8. The number of aliphatic hydroxyl groups excluding tert-OH is 4. The first-order valence-electron chi connectivity index (χ1n) is 19.9. The molecule has 326 valence electrons. The fraction of sp³-hybridized carbons (Fsp3) is 1.00. The number of halogens is 9. The van der Waals surface area contributed by atoms with Crippen molar-refractivity contribution in [3.63, 3.8) is 0 Å². The Kier molecular flexibility index (Phi) is 37.1. The molecule has 0 aliphatic rings. The second-order valence-corrected chi connectivity index (χ2v) is 15.7. The summed E-state index contributed by atoms with van der Waals surface area (Å²) < 4.78 is 110. The highest BCUT2D eigenvalue weighted by Gasteiger charge is 2.44. The predicted octanol–water partition coefficient (Wildman–Crippen LogP) is 12.6. The van der Waals surface area contributed by atoms with Crippen LogP contribution in [-0.2, 0) is 0 Å². The van der Waals surface area contributed by atoms with Crippen molar-refractivity contribution < 1.29 is 59.9 Å². The molecule has 0 aliphatic heterocycles. The maximum Gasteiger partial charge on any atom is 0.414 e. The van der Waals surface area contributed by atoms with E-state index in [2.05, 4.69) is 0 Å². The molecule has 8 atom stereocenters. The molecule has 13 heteroatoms. The summed E-state index contributed by atoms with van der Waals surface area (Å²) >= 11 is 0. The molecule has 0 heterocycles. The predicted molar refractivity (Wildman–Crippen MR) is 200 cm³/mol. The van der Waals surface area contributed by atoms with Gasteiger partial charge in [0, 0.05) is 0 Å². The number of rotatable bonds is 23. The lowest BCUT2D eigenvalue weighted by atomic mass is 9.85. The maximum absolute atomic E-state index is 12.2. The van der Waals surface area contributed by atoms with Crippen molar-refractivity contribution in [1.82, 2.24) is 0 Å². The van der Waals surface area contributed by atoms with Crippen LogP contribution in [0.15, 0.2) is 0 Å². The first-order valence-corrected chi connectivity index (χ1v) is 19.9. The van der Waals surface area contributed by atoms with Gasteiger partial charge in [-0.25, -0.2) is 26.3 Å². The summed E-state index contributed by atoms with van der Waals surface area (Å²) in [5.41, 5.74) is 0. The monoisotopic (exact) mass is 795 g/mol. The summed E-state index contributed by atoms with van der Waals surface area (Å²) in [6, 6.07) is 0. The fourth-order valence-electron chi connectivity index (χ4n) is 6.11. The summed E-state index contributed by atoms with van der Waals surface area (Å²) in [6.07, 6.45) is -9.04. The minimum atomic E-state index is -4.48. The van der Waals surface area contributed by atoms with Crippen LogP contribution in [0.2, 0.25) is 0 Å². The van der Waals surface area contributed by atoms with Gasteiger partial charge >= 0.3 is 6.18 Å². The lowest BCUT2D eigenvalue weighted by Gasteiger charge is -2.27. The van der Waals surface area contributed by atoms with Crippen LogP contribution in [0.3, 0.4) is 0 Å². The first-order chi connectivity index (χ1) is 24.3. The van der Waals surface area contributed by atoms with Gasteiger partial charge in [0.05, 0.1) is 0 Å². The van der Waals surface area contributed by atoms with Crippen LogP contribution in [0.1, 0.15) is 160 Å². The largest absolute Gasteiger partial charge is 0.414 e. The molecule has 0 spiro atoms. The molecule has 0 amide bonds. The Labute approximate surface area is 317 Å². The van der Waals surface area contributed by atoms with Gasteiger partial charge in [0.25, 0.3) is 19.3 Å². The van der Waals surface area contributed by atoms with Gasteiger partial charge in [0.2, 0.25) is 0 Å². The first kappa shape index (κ1) is 58.9. The molecule has 0 rings (SSSR count). The summed E-state index contributed by atoms with van der Waals surface area (Å²) in [6.45, 7) is 22.7. The number of unbranched alkanes of at least 4 members (excludes halogenated alkanes) is 4. The highest BCUT2D eigenvalue weighted by atomic mass is 19.4. The van der Waals surface area contributed by atoms with Gasteiger partial charge in [0.15, 0.2) is 6.10 Å². The van der Waals surface area contributed by atoms with E-state index in [1.54, 1.807) is 13.8 Å². The Morgan fingerprint density at radius 2 is 0.566 bits per heavy atom. The van der Waals surface area contributed by atoms with Gasteiger partial charge in [-0.1, -0.05) is 134 Å². The van der Waals surface area contributed by atoms with Crippen molar-refractivity contribution >= 4 is 0 Å². The third-order valence-corrected chi connectivity index (χ3v) is 9.82. The van der Waals surface area contributed by atoms with Crippen LogP contribution in [0.25, 0.3) is 0 Å². The average Bonchev–Trinajstić information content (AvgIpc) is 3.04. The molecule has 0 aromatic carbocycles. The zero-order valence-corrected chi connectivity index (χ0v) is 34.8. The van der Waals surface area contributed by atoms with Crippen LogP contribution in [0, 0.1) is 47.3 Å². The minimum Gasteiger partial charge on any atom is -0.387 e. The Hall–Kier alpha value is -0.790. The molecule has 0 saturated carbocycles. The molecular formula is C40H79F9O4. The van der Waals surface area contributed by atoms with Gasteiger partial charge in [0.1, 0.15) is 18.3 Å². The van der Waals surface area contributed by atoms with Crippen molar-refractivity contribution in [3.05, 3.63) is 0 Å². The van der Waals surface area contributed by atoms with Crippen LogP contribution in [0.5, 0.6) is 0 Å². The Morgan fingerprint density at radius 1 is 0.377 bits per heavy atom. The molecule has 4 N–H and O–H groups in total. The number of hydrogen-bond acceptors (Lipinski definition) is 4. The molecule has 0 bridgehead atoms. The summed E-state index contributed by atoms with van der Waals surface area (Å²) in [7, 11) is 0. The van der Waals surface area contributed by atoms with E-state index in [9.17, 15) is 54.8 Å². The van der Waals surface area contributed by atoms with E-state index in [4.69, 9.17) is 5.11 Å². The molecule has 53 heavy (non-hydrogen) atoms. The van der Waals surface area contributed by atoms with E-state index in [0.29, 0.717) is 25.7 Å². The van der Waals surface area contributed by atoms with Crippen molar-refractivity contribution in [1.29, 1.82) is 0 Å². The molecule has 2 unspecified atom stereocenters. The minimum absolute atomic E-state index is 0.121. The standard InChI is InChI=1S/C10H19F3O.3C10H20F2O/c1-4-5-6-8(7(2)3)9(14)10(11,12)13;3*1-4-5-6-8(7(2)3)9(13)10(11)12/h7-9,14H,4-6H2,1-3H3;3*7-10,13H,4-6H2,1-3H3/t8?,9-;8-,9?;8-,9+;8-,9-/m1000/s1. The van der Waals surface area contributed by atoms with E-state index in [-0.39, 0.29) is 41.4 Å². The topological polar surface area (TPSA) is 80.9 Å². The maximum atomic E-state index is 12.2. The number of alkyl halides is 9. The van der Waals surface area contributed by atoms with E-state index in [0.717, 1.165) is 51.4 Å². The normalized spacial score (nSPS) is 16.8. The van der Waals surface area contributed by atoms with Crippen LogP contribution in [0.4, 0.5) is 39.5 Å². The van der Waals surface area contributed by atoms with Gasteiger partial charge in [-0.15, -0.1) is 0 Å². The Bertz CT molecular complexity index is 712. The molecule has 0 radical (unpaired) electrons. The molecule has 0 aromatic heterocycles.